The molecule has 0 aromatic rings. The Labute approximate surface area is 84.2 Å². The molecule has 1 amide bonds. The minimum Gasteiger partial charge on any atom is -0.381 e. The Hall–Kier alpha value is -1.08. The monoisotopic (exact) mass is 196 g/mol. The first-order valence-corrected chi connectivity index (χ1v) is 5.05. The molecule has 1 heterocycles. The van der Waals surface area contributed by atoms with Gasteiger partial charge in [-0.25, -0.2) is 0 Å². The van der Waals surface area contributed by atoms with Crippen molar-refractivity contribution < 1.29 is 9.53 Å². The molecule has 1 fully saturated rings. The minimum absolute atomic E-state index is 0.0394. The summed E-state index contributed by atoms with van der Waals surface area (Å²) < 4.78 is 5.11. The molecule has 0 spiro atoms. The molecule has 1 aliphatic rings. The molecule has 0 aliphatic carbocycles. The van der Waals surface area contributed by atoms with Crippen LogP contribution in [0.25, 0.3) is 0 Å². The van der Waals surface area contributed by atoms with Crippen LogP contribution in [0.3, 0.4) is 0 Å². The van der Waals surface area contributed by atoms with Gasteiger partial charge < -0.3 is 10.1 Å². The largest absolute Gasteiger partial charge is 0.381 e. The summed E-state index contributed by atoms with van der Waals surface area (Å²) in [5.41, 5.74) is 0. The van der Waals surface area contributed by atoms with Crippen LogP contribution in [0.2, 0.25) is 0 Å². The predicted molar refractivity (Wildman–Crippen MR) is 51.4 cm³/mol. The molecule has 0 saturated carbocycles. The summed E-state index contributed by atoms with van der Waals surface area (Å²) in [5, 5.41) is 11.5. The first kappa shape index (κ1) is 11.0. The molecule has 4 heteroatoms. The van der Waals surface area contributed by atoms with Gasteiger partial charge in [0.15, 0.2) is 0 Å². The fourth-order valence-electron chi connectivity index (χ4n) is 1.49. The second kappa shape index (κ2) is 5.61. The molecule has 14 heavy (non-hydrogen) atoms. The summed E-state index contributed by atoms with van der Waals surface area (Å²) in [5.74, 6) is -0.0924. The van der Waals surface area contributed by atoms with Crippen LogP contribution in [-0.2, 0) is 9.53 Å². The predicted octanol–water partition coefficient (Wildman–Crippen LogP) is 0.831. The summed E-state index contributed by atoms with van der Waals surface area (Å²) in [7, 11) is 0. The van der Waals surface area contributed by atoms with Gasteiger partial charge in [-0.05, 0) is 12.8 Å². The average Bonchev–Trinajstić information content (AvgIpc) is 2.69. The SMILES string of the molecule is CCCC(C#N)NC(=O)C1CCOC1. The Morgan fingerprint density at radius 2 is 2.57 bits per heavy atom. The molecule has 1 N–H and O–H groups in total. The molecule has 2 atom stereocenters. The topological polar surface area (TPSA) is 62.1 Å². The molecule has 0 bridgehead atoms. The van der Waals surface area contributed by atoms with Crippen molar-refractivity contribution in [2.45, 2.75) is 32.2 Å². The Bertz CT molecular complexity index is 229. The van der Waals surface area contributed by atoms with Crippen molar-refractivity contribution in [1.29, 1.82) is 5.26 Å². The number of ether oxygens (including phenoxy) is 1. The Kier molecular flexibility index (Phi) is 4.41. The lowest BCUT2D eigenvalue weighted by atomic mass is 10.1. The summed E-state index contributed by atoms with van der Waals surface area (Å²) in [6.45, 7) is 3.15. The number of hydrogen-bond acceptors (Lipinski definition) is 3. The van der Waals surface area contributed by atoms with E-state index in [0.717, 1.165) is 19.3 Å². The van der Waals surface area contributed by atoms with Crippen molar-refractivity contribution in [2.75, 3.05) is 13.2 Å². The second-order valence-electron chi connectivity index (χ2n) is 3.54. The maximum absolute atomic E-state index is 11.5. The van der Waals surface area contributed by atoms with Gasteiger partial charge in [0.05, 0.1) is 18.6 Å². The van der Waals surface area contributed by atoms with E-state index < -0.39 is 0 Å². The second-order valence-corrected chi connectivity index (χ2v) is 3.54. The van der Waals surface area contributed by atoms with Crippen LogP contribution in [0.4, 0.5) is 0 Å². The molecule has 1 aliphatic heterocycles. The number of carbonyl (C=O) groups excluding carboxylic acids is 1. The van der Waals surface area contributed by atoms with Crippen LogP contribution in [-0.4, -0.2) is 25.2 Å². The summed E-state index contributed by atoms with van der Waals surface area (Å²) >= 11 is 0. The third-order valence-corrected chi connectivity index (χ3v) is 2.35. The van der Waals surface area contributed by atoms with Gasteiger partial charge in [-0.3, -0.25) is 4.79 Å². The van der Waals surface area contributed by atoms with Crippen molar-refractivity contribution in [3.05, 3.63) is 0 Å². The van der Waals surface area contributed by atoms with Crippen LogP contribution in [0.1, 0.15) is 26.2 Å². The highest BCUT2D eigenvalue weighted by Crippen LogP contribution is 2.12. The van der Waals surface area contributed by atoms with Gasteiger partial charge in [-0.15, -0.1) is 0 Å². The van der Waals surface area contributed by atoms with Crippen LogP contribution < -0.4 is 5.32 Å². The number of nitrogens with zero attached hydrogens (tertiary/aromatic N) is 1. The Morgan fingerprint density at radius 3 is 3.07 bits per heavy atom. The third kappa shape index (κ3) is 3.00. The van der Waals surface area contributed by atoms with E-state index in [4.69, 9.17) is 10.00 Å². The highest BCUT2D eigenvalue weighted by molar-refractivity contribution is 5.79. The average molecular weight is 196 g/mol. The van der Waals surface area contributed by atoms with Crippen LogP contribution in [0.15, 0.2) is 0 Å². The van der Waals surface area contributed by atoms with Crippen molar-refractivity contribution in [3.63, 3.8) is 0 Å². The smallest absolute Gasteiger partial charge is 0.226 e. The van der Waals surface area contributed by atoms with E-state index in [0.29, 0.717) is 13.2 Å². The first-order chi connectivity index (χ1) is 6.77. The van der Waals surface area contributed by atoms with Gasteiger partial charge in [-0.2, -0.15) is 5.26 Å². The zero-order valence-corrected chi connectivity index (χ0v) is 8.45. The Balaban J connectivity index is 2.34. The van der Waals surface area contributed by atoms with E-state index in [1.165, 1.54) is 0 Å². The fourth-order valence-corrected chi connectivity index (χ4v) is 1.49. The van der Waals surface area contributed by atoms with Crippen molar-refractivity contribution >= 4 is 5.91 Å². The number of hydrogen-bond donors (Lipinski definition) is 1. The van der Waals surface area contributed by atoms with Crippen LogP contribution in [0.5, 0.6) is 0 Å². The summed E-state index contributed by atoms with van der Waals surface area (Å²) in [6.07, 6.45) is 2.39. The number of rotatable bonds is 4. The van der Waals surface area contributed by atoms with E-state index in [2.05, 4.69) is 11.4 Å². The lowest BCUT2D eigenvalue weighted by Gasteiger charge is -2.13. The molecule has 0 aromatic carbocycles. The maximum Gasteiger partial charge on any atom is 0.226 e. The lowest BCUT2D eigenvalue weighted by Crippen LogP contribution is -2.38. The van der Waals surface area contributed by atoms with E-state index in [1.807, 2.05) is 6.92 Å². The third-order valence-electron chi connectivity index (χ3n) is 2.35. The Morgan fingerprint density at radius 1 is 1.79 bits per heavy atom. The standard InChI is InChI=1S/C10H16N2O2/c1-2-3-9(6-11)12-10(13)8-4-5-14-7-8/h8-9H,2-5,7H2,1H3,(H,12,13). The quantitative estimate of drug-likeness (QED) is 0.724. The lowest BCUT2D eigenvalue weighted by molar-refractivity contribution is -0.125. The van der Waals surface area contributed by atoms with E-state index >= 15 is 0 Å². The van der Waals surface area contributed by atoms with Gasteiger partial charge in [0, 0.05) is 6.61 Å². The molecule has 1 saturated heterocycles. The zero-order chi connectivity index (χ0) is 10.4. The van der Waals surface area contributed by atoms with Gasteiger partial charge in [0.25, 0.3) is 0 Å². The molecule has 0 aromatic heterocycles. The molecular formula is C10H16N2O2. The molecular weight excluding hydrogens is 180 g/mol. The fraction of sp³-hybridized carbons (Fsp3) is 0.800. The van der Waals surface area contributed by atoms with E-state index in [9.17, 15) is 4.79 Å². The van der Waals surface area contributed by atoms with Crippen LogP contribution in [0, 0.1) is 17.2 Å². The van der Waals surface area contributed by atoms with Gasteiger partial charge in [-0.1, -0.05) is 13.3 Å². The number of amides is 1. The number of nitrogens with one attached hydrogen (secondary N) is 1. The molecule has 4 nitrogen and oxygen atoms in total. The maximum atomic E-state index is 11.5. The number of carbonyl (C=O) groups is 1. The number of nitriles is 1. The highest BCUT2D eigenvalue weighted by atomic mass is 16.5. The molecule has 78 valence electrons. The highest BCUT2D eigenvalue weighted by Gasteiger charge is 2.24. The summed E-state index contributed by atoms with van der Waals surface area (Å²) in [4.78, 5) is 11.5. The van der Waals surface area contributed by atoms with E-state index in [1.54, 1.807) is 0 Å². The minimum atomic E-state index is -0.340. The normalized spacial score (nSPS) is 22.7. The van der Waals surface area contributed by atoms with Gasteiger partial charge in [0.2, 0.25) is 5.91 Å². The molecule has 1 rings (SSSR count). The van der Waals surface area contributed by atoms with Crippen molar-refractivity contribution in [2.24, 2.45) is 5.92 Å². The molecule has 2 unspecified atom stereocenters. The van der Waals surface area contributed by atoms with Gasteiger partial charge >= 0.3 is 0 Å². The van der Waals surface area contributed by atoms with Gasteiger partial charge in [0.1, 0.15) is 6.04 Å². The van der Waals surface area contributed by atoms with Crippen LogP contribution >= 0.6 is 0 Å². The first-order valence-electron chi connectivity index (χ1n) is 5.05. The van der Waals surface area contributed by atoms with Crippen molar-refractivity contribution in [3.8, 4) is 6.07 Å². The zero-order valence-electron chi connectivity index (χ0n) is 8.45. The van der Waals surface area contributed by atoms with E-state index in [-0.39, 0.29) is 17.9 Å². The molecule has 0 radical (unpaired) electrons. The summed E-state index contributed by atoms with van der Waals surface area (Å²) in [6, 6.07) is 1.74. The van der Waals surface area contributed by atoms with Crippen molar-refractivity contribution in [1.82, 2.24) is 5.32 Å².